The number of alkyl halides is 3. The van der Waals surface area contributed by atoms with Gasteiger partial charge in [-0.25, -0.2) is 9.37 Å². The minimum absolute atomic E-state index is 0.0359. The minimum Gasteiger partial charge on any atom is -0.482 e. The number of hydrogen-bond acceptors (Lipinski definition) is 5. The Hall–Kier alpha value is -3.66. The van der Waals surface area contributed by atoms with Gasteiger partial charge in [-0.15, -0.1) is 0 Å². The molecule has 0 unspecified atom stereocenters. The van der Waals surface area contributed by atoms with E-state index in [-0.39, 0.29) is 28.9 Å². The molecule has 32 heavy (non-hydrogen) atoms. The van der Waals surface area contributed by atoms with Gasteiger partial charge in [0.15, 0.2) is 6.61 Å². The second kappa shape index (κ2) is 10.1. The Morgan fingerprint density at radius 1 is 1.16 bits per heavy atom. The van der Waals surface area contributed by atoms with Crippen LogP contribution in [0.2, 0.25) is 5.02 Å². The monoisotopic (exact) mass is 466 g/mol. The maximum absolute atomic E-state index is 13.6. The summed E-state index contributed by atoms with van der Waals surface area (Å²) in [4.78, 5) is 15.6. The van der Waals surface area contributed by atoms with Crippen LogP contribution < -0.4 is 15.5 Å². The van der Waals surface area contributed by atoms with Crippen molar-refractivity contribution in [2.24, 2.45) is 5.10 Å². The molecular formula is C21H15ClF4N4O2. The number of pyridine rings is 1. The number of nitrogens with one attached hydrogen (secondary N) is 2. The Kier molecular flexibility index (Phi) is 7.26. The first-order valence-corrected chi connectivity index (χ1v) is 9.39. The number of halogens is 5. The second-order valence-electron chi connectivity index (χ2n) is 6.31. The molecule has 3 aromatic rings. The molecule has 3 rings (SSSR count). The maximum atomic E-state index is 13.6. The van der Waals surface area contributed by atoms with Gasteiger partial charge in [-0.1, -0.05) is 23.7 Å². The quantitative estimate of drug-likeness (QED) is 0.279. The third-order valence-corrected chi connectivity index (χ3v) is 4.24. The van der Waals surface area contributed by atoms with Gasteiger partial charge in [-0.05, 0) is 48.0 Å². The van der Waals surface area contributed by atoms with Gasteiger partial charge in [0.25, 0.3) is 5.91 Å². The largest absolute Gasteiger partial charge is 0.482 e. The molecule has 0 radical (unpaired) electrons. The topological polar surface area (TPSA) is 75.6 Å². The molecule has 166 valence electrons. The van der Waals surface area contributed by atoms with Gasteiger partial charge < -0.3 is 10.1 Å². The van der Waals surface area contributed by atoms with E-state index in [4.69, 9.17) is 16.3 Å². The molecule has 0 aliphatic carbocycles. The van der Waals surface area contributed by atoms with Crippen LogP contribution in [0.15, 0.2) is 65.9 Å². The van der Waals surface area contributed by atoms with Crippen LogP contribution in [0.25, 0.3) is 0 Å². The van der Waals surface area contributed by atoms with Gasteiger partial charge in [-0.2, -0.15) is 18.3 Å². The van der Waals surface area contributed by atoms with Crippen molar-refractivity contribution in [3.05, 3.63) is 82.8 Å². The molecule has 2 aromatic carbocycles. The molecule has 0 fully saturated rings. The first kappa shape index (κ1) is 23.0. The van der Waals surface area contributed by atoms with Crippen molar-refractivity contribution in [2.75, 3.05) is 17.3 Å². The summed E-state index contributed by atoms with van der Waals surface area (Å²) in [5.74, 6) is -0.779. The molecule has 0 saturated heterocycles. The lowest BCUT2D eigenvalue weighted by atomic mass is 10.2. The maximum Gasteiger partial charge on any atom is 0.417 e. The van der Waals surface area contributed by atoms with Gasteiger partial charge in [0.1, 0.15) is 17.4 Å². The van der Waals surface area contributed by atoms with E-state index in [0.29, 0.717) is 11.8 Å². The van der Waals surface area contributed by atoms with Crippen LogP contribution >= 0.6 is 11.6 Å². The van der Waals surface area contributed by atoms with Gasteiger partial charge in [0, 0.05) is 6.20 Å². The minimum atomic E-state index is -4.46. The van der Waals surface area contributed by atoms with Crippen molar-refractivity contribution in [3.63, 3.8) is 0 Å². The van der Waals surface area contributed by atoms with Crippen molar-refractivity contribution < 1.29 is 27.1 Å². The summed E-state index contributed by atoms with van der Waals surface area (Å²) in [7, 11) is 0. The Balaban J connectivity index is 1.53. The molecule has 1 amide bonds. The summed E-state index contributed by atoms with van der Waals surface area (Å²) < 4.78 is 56.5. The van der Waals surface area contributed by atoms with Crippen molar-refractivity contribution in [1.82, 2.24) is 4.98 Å². The fourth-order valence-corrected chi connectivity index (χ4v) is 2.65. The Morgan fingerprint density at radius 3 is 2.59 bits per heavy atom. The van der Waals surface area contributed by atoms with E-state index < -0.39 is 23.5 Å². The number of para-hydroxylation sites is 1. The number of ether oxygens (including phenoxy) is 1. The first-order valence-electron chi connectivity index (χ1n) is 9.01. The number of amides is 1. The van der Waals surface area contributed by atoms with Crippen LogP contribution in [-0.2, 0) is 11.0 Å². The predicted molar refractivity (Wildman–Crippen MR) is 112 cm³/mol. The summed E-state index contributed by atoms with van der Waals surface area (Å²) in [6.45, 7) is -0.386. The molecule has 1 aromatic heterocycles. The number of aromatic nitrogens is 1. The summed E-state index contributed by atoms with van der Waals surface area (Å²) in [5, 5.41) is 6.47. The van der Waals surface area contributed by atoms with Crippen molar-refractivity contribution in [1.29, 1.82) is 0 Å². The third-order valence-electron chi connectivity index (χ3n) is 3.95. The van der Waals surface area contributed by atoms with Crippen molar-refractivity contribution in [3.8, 4) is 5.75 Å². The number of carbonyl (C=O) groups excluding carboxylic acids is 1. The Labute approximate surface area is 184 Å². The van der Waals surface area contributed by atoms with E-state index in [1.54, 1.807) is 12.1 Å². The summed E-state index contributed by atoms with van der Waals surface area (Å²) in [6, 6.07) is 12.4. The van der Waals surface area contributed by atoms with Gasteiger partial charge in [0.05, 0.1) is 22.5 Å². The van der Waals surface area contributed by atoms with E-state index in [1.807, 2.05) is 0 Å². The number of rotatable bonds is 7. The zero-order chi connectivity index (χ0) is 23.1. The highest BCUT2D eigenvalue weighted by atomic mass is 35.5. The lowest BCUT2D eigenvalue weighted by molar-refractivity contribution is -0.137. The highest BCUT2D eigenvalue weighted by molar-refractivity contribution is 6.32. The van der Waals surface area contributed by atoms with E-state index in [9.17, 15) is 22.4 Å². The van der Waals surface area contributed by atoms with Crippen molar-refractivity contribution in [2.45, 2.75) is 6.18 Å². The van der Waals surface area contributed by atoms with E-state index in [1.165, 1.54) is 36.5 Å². The number of anilines is 2. The lowest BCUT2D eigenvalue weighted by Crippen LogP contribution is -2.20. The molecule has 1 heterocycles. The van der Waals surface area contributed by atoms with Crippen LogP contribution in [0.3, 0.4) is 0 Å². The van der Waals surface area contributed by atoms with Gasteiger partial charge in [-0.3, -0.25) is 10.2 Å². The highest BCUT2D eigenvalue weighted by Crippen LogP contribution is 2.29. The average Bonchev–Trinajstić information content (AvgIpc) is 2.74. The molecule has 0 spiro atoms. The Morgan fingerprint density at radius 2 is 1.94 bits per heavy atom. The molecule has 0 saturated carbocycles. The molecule has 11 heteroatoms. The average molecular weight is 467 g/mol. The SMILES string of the molecule is O=C(COc1ccc(/C=N/Nc2ccc(C(F)(F)F)cn2)cc1Cl)Nc1ccccc1F. The van der Waals surface area contributed by atoms with Crippen LogP contribution in [-0.4, -0.2) is 23.7 Å². The molecule has 0 atom stereocenters. The fourth-order valence-electron chi connectivity index (χ4n) is 2.41. The normalized spacial score (nSPS) is 11.4. The van der Waals surface area contributed by atoms with E-state index in [2.05, 4.69) is 20.8 Å². The smallest absolute Gasteiger partial charge is 0.417 e. The molecular weight excluding hydrogens is 452 g/mol. The standard InChI is InChI=1S/C21H15ClF4N4O2/c22-15-9-13(10-28-30-19-8-6-14(11-27-19)21(24,25)26)5-7-18(15)32-12-20(31)29-17-4-2-1-3-16(17)23/h1-11H,12H2,(H,27,30)(H,29,31)/b28-10+. The summed E-state index contributed by atoms with van der Waals surface area (Å²) >= 11 is 6.14. The summed E-state index contributed by atoms with van der Waals surface area (Å²) in [5.41, 5.74) is 2.23. The van der Waals surface area contributed by atoms with Gasteiger partial charge in [0.2, 0.25) is 0 Å². The molecule has 0 bridgehead atoms. The molecule has 6 nitrogen and oxygen atoms in total. The third kappa shape index (κ3) is 6.42. The molecule has 2 N–H and O–H groups in total. The van der Waals surface area contributed by atoms with Crippen LogP contribution in [0.5, 0.6) is 5.75 Å². The zero-order valence-electron chi connectivity index (χ0n) is 16.2. The van der Waals surface area contributed by atoms with Crippen molar-refractivity contribution >= 4 is 35.2 Å². The molecule has 0 aliphatic rings. The Bertz CT molecular complexity index is 1120. The van der Waals surface area contributed by atoms with E-state index >= 15 is 0 Å². The number of carbonyl (C=O) groups is 1. The highest BCUT2D eigenvalue weighted by Gasteiger charge is 2.30. The van der Waals surface area contributed by atoms with Crippen LogP contribution in [0, 0.1) is 5.82 Å². The lowest BCUT2D eigenvalue weighted by Gasteiger charge is -2.09. The fraction of sp³-hybridized carbons (Fsp3) is 0.0952. The predicted octanol–water partition coefficient (Wildman–Crippen LogP) is 5.36. The zero-order valence-corrected chi connectivity index (χ0v) is 16.9. The number of nitrogens with zero attached hydrogens (tertiary/aromatic N) is 2. The van der Waals surface area contributed by atoms with Crippen LogP contribution in [0.1, 0.15) is 11.1 Å². The second-order valence-corrected chi connectivity index (χ2v) is 6.71. The van der Waals surface area contributed by atoms with E-state index in [0.717, 1.165) is 12.1 Å². The summed E-state index contributed by atoms with van der Waals surface area (Å²) in [6.07, 6.45) is -2.39. The number of benzene rings is 2. The first-order chi connectivity index (χ1) is 15.2. The van der Waals surface area contributed by atoms with Crippen LogP contribution in [0.4, 0.5) is 29.1 Å². The van der Waals surface area contributed by atoms with Gasteiger partial charge >= 0.3 is 6.18 Å². The number of hydrogen-bond donors (Lipinski definition) is 2. The number of hydrazone groups is 1. The molecule has 0 aliphatic heterocycles.